The SMILES string of the molecule is Cc1cc(NC(=O)Cn2nc(-c3cccs3)oc2=O)n(C)n1. The number of rotatable bonds is 4. The molecule has 3 heterocycles. The number of carbonyl (C=O) groups excluding carboxylic acids is 1. The number of amides is 1. The predicted octanol–water partition coefficient (Wildman–Crippen LogP) is 1.25. The van der Waals surface area contributed by atoms with Crippen LogP contribution < -0.4 is 11.1 Å². The van der Waals surface area contributed by atoms with Gasteiger partial charge in [0.15, 0.2) is 0 Å². The zero-order valence-corrected chi connectivity index (χ0v) is 12.8. The molecule has 0 saturated heterocycles. The van der Waals surface area contributed by atoms with Gasteiger partial charge < -0.3 is 9.73 Å². The fourth-order valence-corrected chi connectivity index (χ4v) is 2.60. The van der Waals surface area contributed by atoms with Gasteiger partial charge >= 0.3 is 5.76 Å². The van der Waals surface area contributed by atoms with Crippen LogP contribution in [0, 0.1) is 6.92 Å². The van der Waals surface area contributed by atoms with E-state index in [2.05, 4.69) is 15.5 Å². The average molecular weight is 319 g/mol. The van der Waals surface area contributed by atoms with E-state index in [0.29, 0.717) is 5.82 Å². The van der Waals surface area contributed by atoms with Crippen LogP contribution in [0.3, 0.4) is 0 Å². The minimum Gasteiger partial charge on any atom is -0.387 e. The van der Waals surface area contributed by atoms with Gasteiger partial charge in [-0.2, -0.15) is 9.78 Å². The number of thiophene rings is 1. The zero-order chi connectivity index (χ0) is 15.7. The van der Waals surface area contributed by atoms with Crippen molar-refractivity contribution in [3.63, 3.8) is 0 Å². The summed E-state index contributed by atoms with van der Waals surface area (Å²) < 4.78 is 7.59. The second-order valence-corrected chi connectivity index (χ2v) is 5.60. The van der Waals surface area contributed by atoms with Crippen LogP contribution in [0.2, 0.25) is 0 Å². The average Bonchev–Trinajstić information content (AvgIpc) is 3.14. The van der Waals surface area contributed by atoms with E-state index in [4.69, 9.17) is 4.42 Å². The molecule has 0 spiro atoms. The highest BCUT2D eigenvalue weighted by molar-refractivity contribution is 7.13. The van der Waals surface area contributed by atoms with E-state index < -0.39 is 5.76 Å². The number of hydrogen-bond acceptors (Lipinski definition) is 6. The van der Waals surface area contributed by atoms with E-state index in [9.17, 15) is 9.59 Å². The molecule has 9 heteroatoms. The molecule has 0 aromatic carbocycles. The monoisotopic (exact) mass is 319 g/mol. The van der Waals surface area contributed by atoms with Gasteiger partial charge in [-0.1, -0.05) is 6.07 Å². The fraction of sp³-hybridized carbons (Fsp3) is 0.231. The first kappa shape index (κ1) is 14.3. The van der Waals surface area contributed by atoms with Crippen LogP contribution in [-0.2, 0) is 18.4 Å². The van der Waals surface area contributed by atoms with Gasteiger partial charge in [-0.05, 0) is 18.4 Å². The van der Waals surface area contributed by atoms with Crippen LogP contribution in [0.1, 0.15) is 5.69 Å². The Morgan fingerprint density at radius 2 is 2.27 bits per heavy atom. The summed E-state index contributed by atoms with van der Waals surface area (Å²) in [5, 5.41) is 12.7. The van der Waals surface area contributed by atoms with Crippen molar-refractivity contribution in [2.24, 2.45) is 7.05 Å². The maximum atomic E-state index is 12.0. The Morgan fingerprint density at radius 1 is 1.45 bits per heavy atom. The molecule has 3 rings (SSSR count). The van der Waals surface area contributed by atoms with Crippen LogP contribution in [0.15, 0.2) is 32.8 Å². The molecule has 3 aromatic heterocycles. The maximum Gasteiger partial charge on any atom is 0.437 e. The van der Waals surface area contributed by atoms with Crippen LogP contribution in [-0.4, -0.2) is 25.5 Å². The van der Waals surface area contributed by atoms with Gasteiger partial charge in [0, 0.05) is 13.1 Å². The number of aromatic nitrogens is 4. The van der Waals surface area contributed by atoms with E-state index in [1.54, 1.807) is 23.9 Å². The molecule has 0 saturated carbocycles. The molecular weight excluding hydrogens is 306 g/mol. The van der Waals surface area contributed by atoms with Crippen molar-refractivity contribution < 1.29 is 9.21 Å². The number of anilines is 1. The van der Waals surface area contributed by atoms with Crippen molar-refractivity contribution in [3.05, 3.63) is 39.8 Å². The zero-order valence-electron chi connectivity index (χ0n) is 11.9. The summed E-state index contributed by atoms with van der Waals surface area (Å²) in [6.45, 7) is 1.60. The molecule has 0 atom stereocenters. The Morgan fingerprint density at radius 3 is 2.91 bits per heavy atom. The van der Waals surface area contributed by atoms with Gasteiger partial charge in [-0.15, -0.1) is 16.4 Å². The second kappa shape index (κ2) is 5.60. The molecule has 114 valence electrons. The number of hydrogen-bond donors (Lipinski definition) is 1. The Balaban J connectivity index is 1.74. The molecule has 0 aliphatic rings. The summed E-state index contributed by atoms with van der Waals surface area (Å²) in [7, 11) is 1.72. The lowest BCUT2D eigenvalue weighted by molar-refractivity contribution is -0.117. The summed E-state index contributed by atoms with van der Waals surface area (Å²) in [4.78, 5) is 24.5. The van der Waals surface area contributed by atoms with Crippen molar-refractivity contribution in [3.8, 4) is 10.8 Å². The summed E-state index contributed by atoms with van der Waals surface area (Å²) in [6, 6.07) is 5.36. The van der Waals surface area contributed by atoms with E-state index in [1.165, 1.54) is 11.3 Å². The van der Waals surface area contributed by atoms with Gasteiger partial charge in [0.25, 0.3) is 5.89 Å². The first-order valence-electron chi connectivity index (χ1n) is 6.45. The topological polar surface area (TPSA) is 95.0 Å². The highest BCUT2D eigenvalue weighted by Gasteiger charge is 2.14. The molecule has 22 heavy (non-hydrogen) atoms. The number of aryl methyl sites for hydroxylation is 2. The van der Waals surface area contributed by atoms with E-state index in [0.717, 1.165) is 15.3 Å². The molecule has 0 radical (unpaired) electrons. The van der Waals surface area contributed by atoms with Crippen molar-refractivity contribution >= 4 is 23.1 Å². The van der Waals surface area contributed by atoms with Gasteiger partial charge in [-0.25, -0.2) is 4.79 Å². The van der Waals surface area contributed by atoms with Crippen molar-refractivity contribution in [2.45, 2.75) is 13.5 Å². The lowest BCUT2D eigenvalue weighted by atomic mass is 10.4. The van der Waals surface area contributed by atoms with Gasteiger partial charge in [0.2, 0.25) is 5.91 Å². The van der Waals surface area contributed by atoms with Crippen LogP contribution in [0.4, 0.5) is 5.82 Å². The molecule has 1 N–H and O–H groups in total. The first-order chi connectivity index (χ1) is 10.5. The Labute approximate surface area is 129 Å². The summed E-state index contributed by atoms with van der Waals surface area (Å²) in [5.41, 5.74) is 0.788. The summed E-state index contributed by atoms with van der Waals surface area (Å²) >= 11 is 1.40. The predicted molar refractivity (Wildman–Crippen MR) is 80.7 cm³/mol. The van der Waals surface area contributed by atoms with Crippen molar-refractivity contribution in [1.82, 2.24) is 19.6 Å². The Bertz CT molecular complexity index is 859. The minimum atomic E-state index is -0.667. The lowest BCUT2D eigenvalue weighted by Gasteiger charge is -2.03. The van der Waals surface area contributed by atoms with E-state index in [1.807, 2.05) is 18.4 Å². The number of carbonyl (C=O) groups is 1. The molecule has 8 nitrogen and oxygen atoms in total. The number of nitrogens with one attached hydrogen (secondary N) is 1. The van der Waals surface area contributed by atoms with E-state index in [-0.39, 0.29) is 18.3 Å². The molecular formula is C13H13N5O3S. The normalized spacial score (nSPS) is 10.8. The quantitative estimate of drug-likeness (QED) is 0.781. The third-order valence-corrected chi connectivity index (χ3v) is 3.76. The second-order valence-electron chi connectivity index (χ2n) is 4.65. The van der Waals surface area contributed by atoms with Crippen LogP contribution >= 0.6 is 11.3 Å². The highest BCUT2D eigenvalue weighted by Crippen LogP contribution is 2.21. The summed E-state index contributed by atoms with van der Waals surface area (Å²) in [5.74, 6) is -0.280. The lowest BCUT2D eigenvalue weighted by Crippen LogP contribution is -2.26. The van der Waals surface area contributed by atoms with Gasteiger partial charge in [0.05, 0.1) is 10.6 Å². The molecule has 0 aliphatic carbocycles. The fourth-order valence-electron chi connectivity index (χ4n) is 1.95. The van der Waals surface area contributed by atoms with Crippen molar-refractivity contribution in [2.75, 3.05) is 5.32 Å². The molecule has 0 fully saturated rings. The highest BCUT2D eigenvalue weighted by atomic mass is 32.1. The molecule has 0 unspecified atom stereocenters. The van der Waals surface area contributed by atoms with Gasteiger partial charge in [0.1, 0.15) is 12.4 Å². The molecule has 1 amide bonds. The third kappa shape index (κ3) is 2.84. The maximum absolute atomic E-state index is 12.0. The number of nitrogens with zero attached hydrogens (tertiary/aromatic N) is 4. The Kier molecular flexibility index (Phi) is 3.63. The van der Waals surface area contributed by atoms with Crippen molar-refractivity contribution in [1.29, 1.82) is 0 Å². The standard InChI is InChI=1S/C13H13N5O3S/c1-8-6-10(17(2)15-8)14-11(19)7-18-13(20)21-12(16-18)9-4-3-5-22-9/h3-6H,7H2,1-2H3,(H,14,19). The largest absolute Gasteiger partial charge is 0.437 e. The molecule has 0 bridgehead atoms. The minimum absolute atomic E-state index is 0.212. The van der Waals surface area contributed by atoms with Crippen LogP contribution in [0.5, 0.6) is 0 Å². The van der Waals surface area contributed by atoms with Gasteiger partial charge in [-0.3, -0.25) is 9.48 Å². The summed E-state index contributed by atoms with van der Waals surface area (Å²) in [6.07, 6.45) is 0. The Hall–Kier alpha value is -2.68. The smallest absolute Gasteiger partial charge is 0.387 e. The molecule has 0 aliphatic heterocycles. The third-order valence-electron chi connectivity index (χ3n) is 2.90. The van der Waals surface area contributed by atoms with E-state index >= 15 is 0 Å². The molecule has 3 aromatic rings. The first-order valence-corrected chi connectivity index (χ1v) is 7.33. The van der Waals surface area contributed by atoms with Crippen LogP contribution in [0.25, 0.3) is 10.8 Å².